The first kappa shape index (κ1) is 13.5. The third-order valence-corrected chi connectivity index (χ3v) is 3.66. The first-order valence-corrected chi connectivity index (χ1v) is 6.68. The van der Waals surface area contributed by atoms with E-state index in [0.717, 1.165) is 32.4 Å². The van der Waals surface area contributed by atoms with E-state index in [-0.39, 0.29) is 0 Å². The van der Waals surface area contributed by atoms with Crippen molar-refractivity contribution in [1.82, 2.24) is 9.97 Å². The number of allylic oxidation sites excluding steroid dienone is 3. The second-order valence-electron chi connectivity index (χ2n) is 3.97. The van der Waals surface area contributed by atoms with Crippen LogP contribution in [0.4, 0.5) is 0 Å². The molecule has 0 N–H and O–H groups in total. The molecule has 3 nitrogen and oxygen atoms in total. The van der Waals surface area contributed by atoms with Gasteiger partial charge in [-0.3, -0.25) is 4.99 Å². The van der Waals surface area contributed by atoms with Gasteiger partial charge in [-0.25, -0.2) is 9.97 Å². The molecule has 2 rings (SSSR count). The fourth-order valence-electron chi connectivity index (χ4n) is 1.79. The molecule has 0 atom stereocenters. The molecule has 0 bridgehead atoms. The third-order valence-electron chi connectivity index (χ3n) is 2.63. The Morgan fingerprint density at radius 1 is 1.47 bits per heavy atom. The summed E-state index contributed by atoms with van der Waals surface area (Å²) in [4.78, 5) is 14.5. The molecule has 1 aliphatic rings. The Kier molecular flexibility index (Phi) is 4.47. The molecule has 2 heterocycles. The van der Waals surface area contributed by atoms with Gasteiger partial charge in [-0.1, -0.05) is 37.1 Å². The highest BCUT2D eigenvalue weighted by atomic mass is 32.2. The Morgan fingerprint density at radius 2 is 2.32 bits per heavy atom. The molecule has 0 aliphatic carbocycles. The average Bonchev–Trinajstić information content (AvgIpc) is 2.48. The minimum atomic E-state index is 0.761. The Hall–Kier alpha value is -1.94. The Labute approximate surface area is 116 Å². The number of fused-ring (bicyclic) bond motifs is 1. The number of rotatable bonds is 2. The summed E-state index contributed by atoms with van der Waals surface area (Å²) in [5, 5.41) is 1.90. The van der Waals surface area contributed by atoms with Crippen LogP contribution in [0.2, 0.25) is 0 Å². The van der Waals surface area contributed by atoms with Gasteiger partial charge in [0.05, 0.1) is 5.35 Å². The topological polar surface area (TPSA) is 38.1 Å². The van der Waals surface area contributed by atoms with Crippen LogP contribution in [0.25, 0.3) is 12.2 Å². The minimum absolute atomic E-state index is 0.761. The van der Waals surface area contributed by atoms with Crippen LogP contribution in [0.5, 0.6) is 0 Å². The van der Waals surface area contributed by atoms with Crippen LogP contribution in [0.1, 0.15) is 6.42 Å². The highest BCUT2D eigenvalue weighted by Crippen LogP contribution is 2.29. The van der Waals surface area contributed by atoms with Crippen LogP contribution in [0.15, 0.2) is 52.1 Å². The third kappa shape index (κ3) is 3.29. The molecule has 96 valence electrons. The van der Waals surface area contributed by atoms with E-state index in [9.17, 15) is 0 Å². The van der Waals surface area contributed by atoms with Crippen molar-refractivity contribution in [1.29, 1.82) is 0 Å². The number of aliphatic imine (C=N–C) groups is 1. The lowest BCUT2D eigenvalue weighted by atomic mass is 10.1. The molecule has 1 aromatic rings. The molecule has 0 unspecified atom stereocenters. The van der Waals surface area contributed by atoms with Crippen molar-refractivity contribution in [3.05, 3.63) is 57.7 Å². The van der Waals surface area contributed by atoms with E-state index < -0.39 is 0 Å². The van der Waals surface area contributed by atoms with E-state index in [1.165, 1.54) is 0 Å². The van der Waals surface area contributed by atoms with E-state index in [4.69, 9.17) is 0 Å². The molecule has 0 saturated heterocycles. The van der Waals surface area contributed by atoms with Gasteiger partial charge in [0.2, 0.25) is 0 Å². The van der Waals surface area contributed by atoms with Gasteiger partial charge >= 0.3 is 0 Å². The molecule has 4 heteroatoms. The largest absolute Gasteiger partial charge is 0.296 e. The second kappa shape index (κ2) is 6.29. The predicted molar refractivity (Wildman–Crippen MR) is 83.2 cm³/mol. The number of thioether (sulfide) groups is 1. The molecule has 1 aromatic heterocycles. The van der Waals surface area contributed by atoms with Crippen LogP contribution >= 0.6 is 11.8 Å². The summed E-state index contributed by atoms with van der Waals surface area (Å²) in [5.41, 5.74) is 1.11. The second-order valence-corrected chi connectivity index (χ2v) is 5.13. The highest BCUT2D eigenvalue weighted by Gasteiger charge is 2.05. The summed E-state index contributed by atoms with van der Waals surface area (Å²) in [5.74, 6) is 0. The van der Waals surface area contributed by atoms with Crippen molar-refractivity contribution in [3.63, 3.8) is 0 Å². The maximum absolute atomic E-state index is 4.30. The van der Waals surface area contributed by atoms with Gasteiger partial charge in [-0.2, -0.15) is 0 Å². The lowest BCUT2D eigenvalue weighted by Crippen LogP contribution is -2.28. The summed E-state index contributed by atoms with van der Waals surface area (Å²) in [6.45, 7) is 7.93. The first-order valence-electron chi connectivity index (χ1n) is 5.87. The summed E-state index contributed by atoms with van der Waals surface area (Å²) in [6, 6.07) is 0. The van der Waals surface area contributed by atoms with Crippen LogP contribution in [-0.4, -0.2) is 23.2 Å². The lowest BCUT2D eigenvalue weighted by Gasteiger charge is -2.05. The van der Waals surface area contributed by atoms with Gasteiger partial charge in [0.15, 0.2) is 0 Å². The normalized spacial score (nSPS) is 23.3. The molecule has 19 heavy (non-hydrogen) atoms. The summed E-state index contributed by atoms with van der Waals surface area (Å²) >= 11 is 1.59. The zero-order valence-electron chi connectivity index (χ0n) is 10.8. The van der Waals surface area contributed by atoms with Crippen LogP contribution < -0.4 is 10.6 Å². The smallest absolute Gasteiger partial charge is 0.116 e. The lowest BCUT2D eigenvalue weighted by molar-refractivity contribution is 1.09. The Balaban J connectivity index is 2.62. The SMILES string of the molecule is C=C/C1=C(\C=NC)C/C=c2/ncnc/c2=C/C(=C)S1. The fourth-order valence-corrected chi connectivity index (χ4v) is 2.61. The molecule has 1 aliphatic heterocycles. The van der Waals surface area contributed by atoms with E-state index in [1.54, 1.807) is 31.3 Å². The van der Waals surface area contributed by atoms with Crippen molar-refractivity contribution < 1.29 is 0 Å². The number of nitrogens with zero attached hydrogens (tertiary/aromatic N) is 3. The van der Waals surface area contributed by atoms with Gasteiger partial charge in [0.1, 0.15) is 6.33 Å². The van der Waals surface area contributed by atoms with E-state index >= 15 is 0 Å². The Bertz CT molecular complexity index is 684. The van der Waals surface area contributed by atoms with Crippen molar-refractivity contribution >= 4 is 30.1 Å². The van der Waals surface area contributed by atoms with Crippen molar-refractivity contribution in [2.75, 3.05) is 7.05 Å². The highest BCUT2D eigenvalue weighted by molar-refractivity contribution is 8.07. The van der Waals surface area contributed by atoms with E-state index in [1.807, 2.05) is 18.4 Å². The number of hydrogen-bond acceptors (Lipinski definition) is 4. The monoisotopic (exact) mass is 269 g/mol. The van der Waals surface area contributed by atoms with Crippen molar-refractivity contribution in [3.8, 4) is 0 Å². The van der Waals surface area contributed by atoms with Crippen LogP contribution in [0.3, 0.4) is 0 Å². The van der Waals surface area contributed by atoms with Gasteiger partial charge in [-0.05, 0) is 18.1 Å². The summed E-state index contributed by atoms with van der Waals surface area (Å²) in [7, 11) is 1.77. The molecule has 0 spiro atoms. The summed E-state index contributed by atoms with van der Waals surface area (Å²) < 4.78 is 0. The molecule has 0 fully saturated rings. The first-order chi connectivity index (χ1) is 9.24. The van der Waals surface area contributed by atoms with Gasteiger partial charge in [0, 0.05) is 34.5 Å². The maximum atomic E-state index is 4.30. The summed E-state index contributed by atoms with van der Waals surface area (Å²) in [6.07, 6.45) is 11.9. The molecular weight excluding hydrogens is 254 g/mol. The zero-order chi connectivity index (χ0) is 13.7. The standard InChI is InChI=1S/C15H15N3S/c1-4-15-12(8-16-3)5-6-14-13(7-11(2)19-15)9-17-10-18-14/h4,6-10H,1-2,5H2,3H3/b13-7-,14-6+,15-12+,16-8?. The average molecular weight is 269 g/mol. The van der Waals surface area contributed by atoms with Crippen molar-refractivity contribution in [2.24, 2.45) is 4.99 Å². The fraction of sp³-hybridized carbons (Fsp3) is 0.133. The Morgan fingerprint density at radius 3 is 3.05 bits per heavy atom. The van der Waals surface area contributed by atoms with Crippen LogP contribution in [-0.2, 0) is 0 Å². The molecule has 0 amide bonds. The van der Waals surface area contributed by atoms with E-state index in [0.29, 0.717) is 0 Å². The molecule has 0 saturated carbocycles. The van der Waals surface area contributed by atoms with Gasteiger partial charge in [-0.15, -0.1) is 0 Å². The molecule has 0 aromatic carbocycles. The van der Waals surface area contributed by atoms with Crippen molar-refractivity contribution in [2.45, 2.75) is 6.42 Å². The van der Waals surface area contributed by atoms with Gasteiger partial charge in [0.25, 0.3) is 0 Å². The number of aromatic nitrogens is 2. The predicted octanol–water partition coefficient (Wildman–Crippen LogP) is 1.83. The van der Waals surface area contributed by atoms with Crippen LogP contribution in [0, 0.1) is 0 Å². The number of hydrogen-bond donors (Lipinski definition) is 0. The molecule has 0 radical (unpaired) electrons. The quantitative estimate of drug-likeness (QED) is 0.769. The minimum Gasteiger partial charge on any atom is -0.296 e. The molecular formula is C15H15N3S. The zero-order valence-corrected chi connectivity index (χ0v) is 11.7. The van der Waals surface area contributed by atoms with E-state index in [2.05, 4.69) is 34.2 Å². The van der Waals surface area contributed by atoms with Gasteiger partial charge < -0.3 is 0 Å². The maximum Gasteiger partial charge on any atom is 0.116 e.